The minimum absolute atomic E-state index is 0.278. The molecular weight excluding hydrogens is 244 g/mol. The van der Waals surface area contributed by atoms with Crippen molar-refractivity contribution >= 4 is 11.3 Å². The fourth-order valence-corrected chi connectivity index (χ4v) is 3.55. The van der Waals surface area contributed by atoms with Gasteiger partial charge in [-0.2, -0.15) is 0 Å². The van der Waals surface area contributed by atoms with Crippen LogP contribution < -0.4 is 5.32 Å². The van der Waals surface area contributed by atoms with Crippen LogP contribution in [0.3, 0.4) is 0 Å². The summed E-state index contributed by atoms with van der Waals surface area (Å²) < 4.78 is 5.75. The van der Waals surface area contributed by atoms with Gasteiger partial charge in [0.15, 0.2) is 0 Å². The molecule has 1 aromatic heterocycles. The maximum absolute atomic E-state index is 5.75. The van der Waals surface area contributed by atoms with Crippen molar-refractivity contribution in [2.45, 2.75) is 64.1 Å². The lowest BCUT2D eigenvalue weighted by Crippen LogP contribution is -2.15. The molecule has 3 nitrogen and oxygen atoms in total. The third kappa shape index (κ3) is 2.92. The van der Waals surface area contributed by atoms with Crippen LogP contribution in [0, 0.1) is 0 Å². The van der Waals surface area contributed by atoms with Gasteiger partial charge in [-0.25, -0.2) is 4.98 Å². The number of thiazole rings is 1. The maximum Gasteiger partial charge on any atom is 0.122 e. The molecule has 2 aliphatic rings. The zero-order valence-corrected chi connectivity index (χ0v) is 11.9. The van der Waals surface area contributed by atoms with Crippen LogP contribution in [0.5, 0.6) is 0 Å². The number of nitrogens with one attached hydrogen (secondary N) is 1. The zero-order valence-electron chi connectivity index (χ0n) is 11.1. The SMILES string of the molecule is CCCc1nc(C2CCCO2)sc1CNC1CC1. The Balaban J connectivity index is 1.71. The van der Waals surface area contributed by atoms with Gasteiger partial charge >= 0.3 is 0 Å². The first-order valence-corrected chi connectivity index (χ1v) is 8.02. The molecule has 1 aromatic rings. The second kappa shape index (κ2) is 5.68. The van der Waals surface area contributed by atoms with Crippen molar-refractivity contribution in [2.75, 3.05) is 6.61 Å². The second-order valence-electron chi connectivity index (χ2n) is 5.33. The molecule has 1 aliphatic heterocycles. The largest absolute Gasteiger partial charge is 0.371 e. The third-order valence-corrected chi connectivity index (χ3v) is 4.81. The summed E-state index contributed by atoms with van der Waals surface area (Å²) in [5.74, 6) is 0. The Labute approximate surface area is 113 Å². The first-order chi connectivity index (χ1) is 8.86. The van der Waals surface area contributed by atoms with Gasteiger partial charge in [-0.1, -0.05) is 13.3 Å². The molecule has 2 fully saturated rings. The molecule has 1 N–H and O–H groups in total. The van der Waals surface area contributed by atoms with Crippen LogP contribution in [0.2, 0.25) is 0 Å². The first-order valence-electron chi connectivity index (χ1n) is 7.20. The second-order valence-corrected chi connectivity index (χ2v) is 6.44. The molecule has 100 valence electrons. The monoisotopic (exact) mass is 266 g/mol. The summed E-state index contributed by atoms with van der Waals surface area (Å²) >= 11 is 1.87. The van der Waals surface area contributed by atoms with Gasteiger partial charge in [-0.05, 0) is 32.1 Å². The Morgan fingerprint density at radius 2 is 2.28 bits per heavy atom. The highest BCUT2D eigenvalue weighted by Crippen LogP contribution is 2.33. The molecule has 1 atom stereocenters. The highest BCUT2D eigenvalue weighted by molar-refractivity contribution is 7.11. The van der Waals surface area contributed by atoms with Crippen LogP contribution in [0.15, 0.2) is 0 Å². The first kappa shape index (κ1) is 12.6. The lowest BCUT2D eigenvalue weighted by atomic mass is 10.2. The molecule has 0 aromatic carbocycles. The molecule has 0 bridgehead atoms. The van der Waals surface area contributed by atoms with Gasteiger partial charge < -0.3 is 10.1 Å². The van der Waals surface area contributed by atoms with Gasteiger partial charge in [0.1, 0.15) is 11.1 Å². The number of aromatic nitrogens is 1. The molecule has 0 spiro atoms. The summed E-state index contributed by atoms with van der Waals surface area (Å²) in [6.45, 7) is 4.14. The Hall–Kier alpha value is -0.450. The van der Waals surface area contributed by atoms with Crippen molar-refractivity contribution in [1.82, 2.24) is 10.3 Å². The number of nitrogens with zero attached hydrogens (tertiary/aromatic N) is 1. The molecule has 18 heavy (non-hydrogen) atoms. The quantitative estimate of drug-likeness (QED) is 0.858. The number of ether oxygens (including phenoxy) is 1. The summed E-state index contributed by atoms with van der Waals surface area (Å²) in [4.78, 5) is 6.27. The number of hydrogen-bond acceptors (Lipinski definition) is 4. The summed E-state index contributed by atoms with van der Waals surface area (Å²) in [6.07, 6.45) is 7.58. The smallest absolute Gasteiger partial charge is 0.122 e. The average molecular weight is 266 g/mol. The average Bonchev–Trinajstić information content (AvgIpc) is 2.90. The minimum Gasteiger partial charge on any atom is -0.371 e. The van der Waals surface area contributed by atoms with Crippen LogP contribution in [0.25, 0.3) is 0 Å². The Morgan fingerprint density at radius 3 is 2.94 bits per heavy atom. The summed E-state index contributed by atoms with van der Waals surface area (Å²) in [5, 5.41) is 4.82. The lowest BCUT2D eigenvalue weighted by Gasteiger charge is -2.03. The normalized spacial score (nSPS) is 23.7. The zero-order chi connectivity index (χ0) is 12.4. The Bertz CT molecular complexity index is 394. The highest BCUT2D eigenvalue weighted by atomic mass is 32.1. The summed E-state index contributed by atoms with van der Waals surface area (Å²) in [5.41, 5.74) is 1.31. The van der Waals surface area contributed by atoms with Gasteiger partial charge in [0.2, 0.25) is 0 Å². The van der Waals surface area contributed by atoms with E-state index in [0.29, 0.717) is 0 Å². The summed E-state index contributed by atoms with van der Waals surface area (Å²) in [6, 6.07) is 0.771. The topological polar surface area (TPSA) is 34.1 Å². The third-order valence-electron chi connectivity index (χ3n) is 3.62. The van der Waals surface area contributed by atoms with E-state index >= 15 is 0 Å². The van der Waals surface area contributed by atoms with Crippen LogP contribution in [-0.2, 0) is 17.7 Å². The highest BCUT2D eigenvalue weighted by Gasteiger charge is 2.25. The van der Waals surface area contributed by atoms with E-state index in [1.165, 1.54) is 41.3 Å². The van der Waals surface area contributed by atoms with Crippen LogP contribution >= 0.6 is 11.3 Å². The van der Waals surface area contributed by atoms with Crippen molar-refractivity contribution in [3.05, 3.63) is 15.6 Å². The van der Waals surface area contributed by atoms with E-state index in [2.05, 4.69) is 12.2 Å². The molecule has 1 saturated carbocycles. The molecular formula is C14H22N2OS. The fraction of sp³-hybridized carbons (Fsp3) is 0.786. The molecule has 1 unspecified atom stereocenters. The number of aryl methyl sites for hydroxylation is 1. The molecule has 0 amide bonds. The van der Waals surface area contributed by atoms with Crippen LogP contribution in [-0.4, -0.2) is 17.6 Å². The molecule has 2 heterocycles. The molecule has 4 heteroatoms. The van der Waals surface area contributed by atoms with Crippen molar-refractivity contribution < 1.29 is 4.74 Å². The minimum atomic E-state index is 0.278. The molecule has 0 radical (unpaired) electrons. The van der Waals surface area contributed by atoms with E-state index in [1.807, 2.05) is 11.3 Å². The summed E-state index contributed by atoms with van der Waals surface area (Å²) in [7, 11) is 0. The molecule has 1 saturated heterocycles. The Morgan fingerprint density at radius 1 is 1.39 bits per heavy atom. The van der Waals surface area contributed by atoms with Gasteiger partial charge in [-0.3, -0.25) is 0 Å². The van der Waals surface area contributed by atoms with E-state index < -0.39 is 0 Å². The van der Waals surface area contributed by atoms with E-state index in [9.17, 15) is 0 Å². The fourth-order valence-electron chi connectivity index (χ4n) is 2.41. The maximum atomic E-state index is 5.75. The van der Waals surface area contributed by atoms with E-state index in [1.54, 1.807) is 0 Å². The van der Waals surface area contributed by atoms with E-state index in [0.717, 1.165) is 32.0 Å². The van der Waals surface area contributed by atoms with Gasteiger partial charge in [0.25, 0.3) is 0 Å². The van der Waals surface area contributed by atoms with Crippen molar-refractivity contribution in [3.63, 3.8) is 0 Å². The predicted molar refractivity (Wildman–Crippen MR) is 73.9 cm³/mol. The van der Waals surface area contributed by atoms with Gasteiger partial charge in [0.05, 0.1) is 5.69 Å². The van der Waals surface area contributed by atoms with Crippen molar-refractivity contribution in [1.29, 1.82) is 0 Å². The predicted octanol–water partition coefficient (Wildman–Crippen LogP) is 3.20. The van der Waals surface area contributed by atoms with Gasteiger partial charge in [-0.15, -0.1) is 11.3 Å². The Kier molecular flexibility index (Phi) is 3.97. The van der Waals surface area contributed by atoms with Crippen molar-refractivity contribution in [3.8, 4) is 0 Å². The van der Waals surface area contributed by atoms with Crippen LogP contribution in [0.4, 0.5) is 0 Å². The van der Waals surface area contributed by atoms with Crippen LogP contribution in [0.1, 0.15) is 60.7 Å². The molecule has 3 rings (SSSR count). The number of rotatable bonds is 6. The van der Waals surface area contributed by atoms with Gasteiger partial charge in [0, 0.05) is 24.1 Å². The van der Waals surface area contributed by atoms with Crippen molar-refractivity contribution in [2.24, 2.45) is 0 Å². The molecule has 1 aliphatic carbocycles. The van der Waals surface area contributed by atoms with E-state index in [-0.39, 0.29) is 6.10 Å². The lowest BCUT2D eigenvalue weighted by molar-refractivity contribution is 0.111. The number of hydrogen-bond donors (Lipinski definition) is 1. The standard InChI is InChI=1S/C14H22N2OS/c1-2-4-11-13(9-15-10-6-7-10)18-14(16-11)12-5-3-8-17-12/h10,12,15H,2-9H2,1H3. The van der Waals surface area contributed by atoms with E-state index in [4.69, 9.17) is 9.72 Å².